The van der Waals surface area contributed by atoms with Gasteiger partial charge < -0.3 is 5.32 Å². The van der Waals surface area contributed by atoms with Gasteiger partial charge in [0.2, 0.25) is 0 Å². The first-order valence-corrected chi connectivity index (χ1v) is 7.86. The van der Waals surface area contributed by atoms with E-state index in [0.717, 1.165) is 13.0 Å². The topological polar surface area (TPSA) is 29.9 Å². The molecule has 1 unspecified atom stereocenters. The molecule has 0 fully saturated rings. The van der Waals surface area contributed by atoms with E-state index in [1.54, 1.807) is 0 Å². The molecule has 0 amide bonds. The number of hydrogen-bond acceptors (Lipinski definition) is 2. The summed E-state index contributed by atoms with van der Waals surface area (Å²) in [5, 5.41) is 9.62. The average Bonchev–Trinajstić information content (AvgIpc) is 2.85. The molecule has 0 aliphatic heterocycles. The Balaban J connectivity index is 2.33. The Hall–Kier alpha value is -1.35. The smallest absolute Gasteiger partial charge is 0.0718 e. The lowest BCUT2D eigenvalue weighted by molar-refractivity contribution is 0.347. The van der Waals surface area contributed by atoms with Crippen LogP contribution in [0.3, 0.4) is 0 Å². The molecule has 1 aromatic heterocycles. The summed E-state index contributed by atoms with van der Waals surface area (Å²) in [7, 11) is 2.07. The van der Waals surface area contributed by atoms with Crippen molar-refractivity contribution in [1.82, 2.24) is 15.1 Å². The summed E-state index contributed by atoms with van der Waals surface area (Å²) in [6.45, 7) is 7.64. The van der Waals surface area contributed by atoms with E-state index in [2.05, 4.69) is 62.1 Å². The van der Waals surface area contributed by atoms with E-state index < -0.39 is 0 Å². The van der Waals surface area contributed by atoms with Gasteiger partial charge in [0.05, 0.1) is 11.2 Å². The van der Waals surface area contributed by atoms with E-state index in [1.165, 1.54) is 29.4 Å². The largest absolute Gasteiger partial charge is 0.316 e. The second-order valence-corrected chi connectivity index (χ2v) is 5.46. The highest BCUT2D eigenvalue weighted by Gasteiger charge is 2.20. The van der Waals surface area contributed by atoms with Gasteiger partial charge in [0.25, 0.3) is 0 Å². The van der Waals surface area contributed by atoms with Crippen LogP contribution in [0.4, 0.5) is 0 Å². The third-order valence-corrected chi connectivity index (χ3v) is 4.44. The van der Waals surface area contributed by atoms with Crippen molar-refractivity contribution in [3.05, 3.63) is 30.0 Å². The Kier molecular flexibility index (Phi) is 5.18. The van der Waals surface area contributed by atoms with Crippen LogP contribution in [0.15, 0.2) is 24.3 Å². The molecule has 3 nitrogen and oxygen atoms in total. The van der Waals surface area contributed by atoms with Crippen LogP contribution in [-0.2, 0) is 13.0 Å². The summed E-state index contributed by atoms with van der Waals surface area (Å²) in [6, 6.07) is 9.08. The number of benzene rings is 1. The van der Waals surface area contributed by atoms with Gasteiger partial charge >= 0.3 is 0 Å². The molecular formula is C17H27N3. The molecule has 0 saturated carbocycles. The highest BCUT2D eigenvalue weighted by atomic mass is 15.3. The second kappa shape index (κ2) is 6.89. The van der Waals surface area contributed by atoms with E-state index in [0.29, 0.717) is 12.0 Å². The molecule has 0 saturated heterocycles. The fourth-order valence-corrected chi connectivity index (χ4v) is 3.16. The zero-order valence-corrected chi connectivity index (χ0v) is 13.2. The van der Waals surface area contributed by atoms with Gasteiger partial charge in [-0.05, 0) is 26.0 Å². The number of rotatable bonds is 7. The third-order valence-electron chi connectivity index (χ3n) is 4.44. The van der Waals surface area contributed by atoms with Crippen molar-refractivity contribution in [3.8, 4) is 0 Å². The third kappa shape index (κ3) is 2.88. The molecule has 1 atom stereocenters. The minimum atomic E-state index is 0.508. The lowest BCUT2D eigenvalue weighted by atomic mass is 9.90. The van der Waals surface area contributed by atoms with Crippen LogP contribution in [-0.4, -0.2) is 22.9 Å². The van der Waals surface area contributed by atoms with Crippen molar-refractivity contribution in [2.24, 2.45) is 5.92 Å². The van der Waals surface area contributed by atoms with Gasteiger partial charge in [-0.15, -0.1) is 0 Å². The van der Waals surface area contributed by atoms with E-state index in [1.807, 2.05) is 0 Å². The van der Waals surface area contributed by atoms with Gasteiger partial charge in [-0.1, -0.05) is 44.9 Å². The fourth-order valence-electron chi connectivity index (χ4n) is 3.16. The van der Waals surface area contributed by atoms with E-state index in [-0.39, 0.29) is 0 Å². The van der Waals surface area contributed by atoms with Crippen LogP contribution in [0.25, 0.3) is 10.9 Å². The van der Waals surface area contributed by atoms with Gasteiger partial charge in [-0.2, -0.15) is 5.10 Å². The zero-order chi connectivity index (χ0) is 14.5. The highest BCUT2D eigenvalue weighted by molar-refractivity contribution is 5.82. The molecule has 0 aliphatic carbocycles. The number of nitrogens with zero attached hydrogens (tertiary/aromatic N) is 2. The van der Waals surface area contributed by atoms with Crippen LogP contribution >= 0.6 is 0 Å². The number of nitrogens with one attached hydrogen (secondary N) is 1. The number of hydrogen-bond donors (Lipinski definition) is 1. The molecule has 1 heterocycles. The lowest BCUT2D eigenvalue weighted by Gasteiger charge is -2.24. The van der Waals surface area contributed by atoms with E-state index in [9.17, 15) is 0 Å². The monoisotopic (exact) mass is 273 g/mol. The van der Waals surface area contributed by atoms with Gasteiger partial charge in [-0.25, -0.2) is 0 Å². The second-order valence-electron chi connectivity index (χ2n) is 5.46. The number of aromatic nitrogens is 2. The Morgan fingerprint density at radius 3 is 2.45 bits per heavy atom. The van der Waals surface area contributed by atoms with Gasteiger partial charge in [0.1, 0.15) is 0 Å². The molecule has 0 spiro atoms. The van der Waals surface area contributed by atoms with Crippen molar-refractivity contribution in [1.29, 1.82) is 0 Å². The molecule has 2 aromatic rings. The standard InChI is InChI=1S/C17H27N3/c1-5-13(6-2)15(18-4)12-16-14-10-8-9-11-17(14)20(7-3)19-16/h8-11,13,15,18H,5-7,12H2,1-4H3. The fraction of sp³-hybridized carbons (Fsp3) is 0.588. The summed E-state index contributed by atoms with van der Waals surface area (Å²) in [5.41, 5.74) is 2.48. The molecule has 0 aliphatic rings. The van der Waals surface area contributed by atoms with Gasteiger partial charge in [-0.3, -0.25) is 4.68 Å². The lowest BCUT2D eigenvalue weighted by Crippen LogP contribution is -2.35. The predicted octanol–water partition coefficient (Wildman–Crippen LogP) is 3.62. The summed E-state index contributed by atoms with van der Waals surface area (Å²) >= 11 is 0. The number of fused-ring (bicyclic) bond motifs is 1. The van der Waals surface area contributed by atoms with Crippen LogP contribution in [0.5, 0.6) is 0 Å². The van der Waals surface area contributed by atoms with Crippen molar-refractivity contribution in [3.63, 3.8) is 0 Å². The summed E-state index contributed by atoms with van der Waals surface area (Å²) in [4.78, 5) is 0. The average molecular weight is 273 g/mol. The SMILES string of the molecule is CCC(CC)C(Cc1nn(CC)c2ccccc12)NC. The van der Waals surface area contributed by atoms with Crippen LogP contribution in [0.2, 0.25) is 0 Å². The Morgan fingerprint density at radius 1 is 1.15 bits per heavy atom. The zero-order valence-electron chi connectivity index (χ0n) is 13.2. The van der Waals surface area contributed by atoms with Gasteiger partial charge in [0.15, 0.2) is 0 Å². The Labute approximate surface area is 122 Å². The first-order chi connectivity index (χ1) is 9.74. The summed E-state index contributed by atoms with van der Waals surface area (Å²) < 4.78 is 2.12. The number of para-hydroxylation sites is 1. The van der Waals surface area contributed by atoms with Crippen LogP contribution in [0.1, 0.15) is 39.3 Å². The van der Waals surface area contributed by atoms with Crippen molar-refractivity contribution in [2.45, 2.75) is 52.6 Å². The van der Waals surface area contributed by atoms with E-state index in [4.69, 9.17) is 5.10 Å². The van der Waals surface area contributed by atoms with E-state index >= 15 is 0 Å². The minimum Gasteiger partial charge on any atom is -0.316 e. The molecule has 20 heavy (non-hydrogen) atoms. The molecule has 3 heteroatoms. The van der Waals surface area contributed by atoms with Crippen LogP contribution < -0.4 is 5.32 Å². The first kappa shape index (κ1) is 15.0. The minimum absolute atomic E-state index is 0.508. The van der Waals surface area contributed by atoms with Crippen LogP contribution in [0, 0.1) is 5.92 Å². The Bertz CT molecular complexity index is 540. The molecular weight excluding hydrogens is 246 g/mol. The molecule has 0 radical (unpaired) electrons. The maximum Gasteiger partial charge on any atom is 0.0718 e. The molecule has 2 rings (SSSR count). The predicted molar refractivity (Wildman–Crippen MR) is 86.0 cm³/mol. The molecule has 0 bridgehead atoms. The summed E-state index contributed by atoms with van der Waals surface area (Å²) in [5.74, 6) is 0.713. The van der Waals surface area contributed by atoms with Gasteiger partial charge in [0, 0.05) is 24.4 Å². The maximum atomic E-state index is 4.82. The molecule has 1 aromatic carbocycles. The van der Waals surface area contributed by atoms with Crippen molar-refractivity contribution >= 4 is 10.9 Å². The molecule has 110 valence electrons. The Morgan fingerprint density at radius 2 is 1.85 bits per heavy atom. The quantitative estimate of drug-likeness (QED) is 0.835. The maximum absolute atomic E-state index is 4.82. The van der Waals surface area contributed by atoms with Crippen molar-refractivity contribution < 1.29 is 0 Å². The summed E-state index contributed by atoms with van der Waals surface area (Å²) in [6.07, 6.45) is 3.44. The highest BCUT2D eigenvalue weighted by Crippen LogP contribution is 2.23. The van der Waals surface area contributed by atoms with Crippen molar-refractivity contribution in [2.75, 3.05) is 7.05 Å². The normalized spacial score (nSPS) is 13.2. The molecule has 1 N–H and O–H groups in total. The number of likely N-dealkylation sites (N-methyl/N-ethyl adjacent to an activating group) is 1. The number of aryl methyl sites for hydroxylation is 1. The first-order valence-electron chi connectivity index (χ1n) is 7.86.